The molecule has 0 amide bonds. The first kappa shape index (κ1) is 15.2. The fourth-order valence-corrected chi connectivity index (χ4v) is 2.20. The number of phenols is 1. The summed E-state index contributed by atoms with van der Waals surface area (Å²) in [4.78, 5) is 14.1. The van der Waals surface area contributed by atoms with Crippen LogP contribution in [0.2, 0.25) is 0 Å². The zero-order valence-electron chi connectivity index (χ0n) is 12.2. The molecule has 1 aliphatic rings. The molecule has 0 saturated carbocycles. The number of benzene rings is 1. The number of hydrogen-bond acceptors (Lipinski definition) is 5. The van der Waals surface area contributed by atoms with Crippen molar-refractivity contribution in [1.82, 2.24) is 4.90 Å². The van der Waals surface area contributed by atoms with Crippen LogP contribution >= 0.6 is 0 Å². The van der Waals surface area contributed by atoms with E-state index in [9.17, 15) is 9.90 Å². The van der Waals surface area contributed by atoms with Gasteiger partial charge in [-0.15, -0.1) is 0 Å². The van der Waals surface area contributed by atoms with Gasteiger partial charge in [-0.05, 0) is 38.3 Å². The van der Waals surface area contributed by atoms with E-state index in [0.717, 1.165) is 25.9 Å². The molecule has 1 saturated heterocycles. The van der Waals surface area contributed by atoms with Gasteiger partial charge in [0.15, 0.2) is 11.5 Å². The molecular weight excluding hydrogens is 270 g/mol. The zero-order valence-corrected chi connectivity index (χ0v) is 12.2. The summed E-state index contributed by atoms with van der Waals surface area (Å²) in [7, 11) is 0. The Balaban J connectivity index is 2.17. The maximum Gasteiger partial charge on any atom is 0.375 e. The normalized spacial score (nSPS) is 15.7. The number of ether oxygens (including phenoxy) is 2. The second kappa shape index (κ2) is 7.57. The minimum atomic E-state index is -0.522. The SMILES string of the molecule is CCOC(=O)/C(=C\N1CCCCC1)Oc1ccccc1O. The molecule has 21 heavy (non-hydrogen) atoms. The molecule has 1 aliphatic heterocycles. The van der Waals surface area contributed by atoms with Gasteiger partial charge in [0, 0.05) is 13.1 Å². The van der Waals surface area contributed by atoms with Crippen molar-refractivity contribution in [3.8, 4) is 11.5 Å². The number of phenolic OH excluding ortho intramolecular Hbond substituents is 1. The molecule has 5 heteroatoms. The number of piperidine rings is 1. The van der Waals surface area contributed by atoms with Gasteiger partial charge in [-0.2, -0.15) is 0 Å². The highest BCUT2D eigenvalue weighted by molar-refractivity contribution is 5.86. The first-order chi connectivity index (χ1) is 10.2. The Kier molecular flexibility index (Phi) is 5.49. The van der Waals surface area contributed by atoms with Gasteiger partial charge in [-0.1, -0.05) is 12.1 Å². The predicted octanol–water partition coefficient (Wildman–Crippen LogP) is 2.66. The number of esters is 1. The summed E-state index contributed by atoms with van der Waals surface area (Å²) >= 11 is 0. The fourth-order valence-electron chi connectivity index (χ4n) is 2.20. The largest absolute Gasteiger partial charge is 0.504 e. The zero-order chi connectivity index (χ0) is 15.1. The molecule has 1 aromatic carbocycles. The van der Waals surface area contributed by atoms with Crippen LogP contribution in [0.15, 0.2) is 36.2 Å². The van der Waals surface area contributed by atoms with Crippen LogP contribution in [0.3, 0.4) is 0 Å². The fraction of sp³-hybridized carbons (Fsp3) is 0.438. The maximum absolute atomic E-state index is 12.0. The molecule has 0 spiro atoms. The van der Waals surface area contributed by atoms with Crippen molar-refractivity contribution in [2.24, 2.45) is 0 Å². The van der Waals surface area contributed by atoms with Gasteiger partial charge in [-0.25, -0.2) is 4.79 Å². The molecule has 0 unspecified atom stereocenters. The summed E-state index contributed by atoms with van der Waals surface area (Å²) in [6, 6.07) is 6.55. The highest BCUT2D eigenvalue weighted by atomic mass is 16.6. The molecular formula is C16H21NO4. The number of carbonyl (C=O) groups is 1. The molecule has 0 aromatic heterocycles. The Morgan fingerprint density at radius 1 is 1.29 bits per heavy atom. The molecule has 114 valence electrons. The second-order valence-electron chi connectivity index (χ2n) is 4.88. The van der Waals surface area contributed by atoms with E-state index >= 15 is 0 Å². The Labute approximate surface area is 124 Å². The summed E-state index contributed by atoms with van der Waals surface area (Å²) in [6.07, 6.45) is 5.09. The Bertz CT molecular complexity index is 507. The van der Waals surface area contributed by atoms with E-state index in [0.29, 0.717) is 0 Å². The topological polar surface area (TPSA) is 59.0 Å². The number of carbonyl (C=O) groups excluding carboxylic acids is 1. The van der Waals surface area contributed by atoms with Gasteiger partial charge in [0.25, 0.3) is 0 Å². The average molecular weight is 291 g/mol. The van der Waals surface area contributed by atoms with E-state index in [2.05, 4.69) is 4.90 Å². The lowest BCUT2D eigenvalue weighted by Gasteiger charge is -2.25. The van der Waals surface area contributed by atoms with E-state index in [1.54, 1.807) is 31.3 Å². The van der Waals surface area contributed by atoms with Crippen molar-refractivity contribution >= 4 is 5.97 Å². The molecule has 0 radical (unpaired) electrons. The van der Waals surface area contributed by atoms with Crippen LogP contribution in [0, 0.1) is 0 Å². The second-order valence-corrected chi connectivity index (χ2v) is 4.88. The molecule has 5 nitrogen and oxygen atoms in total. The van der Waals surface area contributed by atoms with Gasteiger partial charge in [0.2, 0.25) is 5.76 Å². The summed E-state index contributed by atoms with van der Waals surface area (Å²) in [5.74, 6) is -0.188. The smallest absolute Gasteiger partial charge is 0.375 e. The minimum Gasteiger partial charge on any atom is -0.504 e. The number of hydrogen-bond donors (Lipinski definition) is 1. The highest BCUT2D eigenvalue weighted by Crippen LogP contribution is 2.27. The average Bonchev–Trinajstić information content (AvgIpc) is 2.50. The molecule has 0 bridgehead atoms. The predicted molar refractivity (Wildman–Crippen MR) is 78.9 cm³/mol. The van der Waals surface area contributed by atoms with Crippen LogP contribution in [-0.2, 0) is 9.53 Å². The van der Waals surface area contributed by atoms with E-state index in [-0.39, 0.29) is 23.9 Å². The number of rotatable bonds is 5. The van der Waals surface area contributed by atoms with Crippen LogP contribution in [0.4, 0.5) is 0 Å². The first-order valence-corrected chi connectivity index (χ1v) is 7.29. The maximum atomic E-state index is 12.0. The lowest BCUT2D eigenvalue weighted by Crippen LogP contribution is -2.27. The number of aromatic hydroxyl groups is 1. The molecule has 1 fully saturated rings. The summed E-state index contributed by atoms with van der Waals surface area (Å²) < 4.78 is 10.6. The van der Waals surface area contributed by atoms with Gasteiger partial charge in [0.1, 0.15) is 0 Å². The van der Waals surface area contributed by atoms with Crippen molar-refractivity contribution in [3.63, 3.8) is 0 Å². The molecule has 1 N–H and O–H groups in total. The van der Waals surface area contributed by atoms with E-state index in [1.807, 2.05) is 0 Å². The van der Waals surface area contributed by atoms with Gasteiger partial charge < -0.3 is 19.5 Å². The van der Waals surface area contributed by atoms with E-state index in [1.165, 1.54) is 12.5 Å². The van der Waals surface area contributed by atoms with Crippen molar-refractivity contribution in [1.29, 1.82) is 0 Å². The lowest BCUT2D eigenvalue weighted by molar-refractivity contribution is -0.141. The van der Waals surface area contributed by atoms with Crippen molar-refractivity contribution in [2.45, 2.75) is 26.2 Å². The van der Waals surface area contributed by atoms with Crippen LogP contribution < -0.4 is 4.74 Å². The highest BCUT2D eigenvalue weighted by Gasteiger charge is 2.18. The number of para-hydroxylation sites is 2. The molecule has 0 aliphatic carbocycles. The summed E-state index contributed by atoms with van der Waals surface area (Å²) in [5, 5.41) is 9.76. The third kappa shape index (κ3) is 4.41. The molecule has 0 atom stereocenters. The minimum absolute atomic E-state index is 0.00802. The van der Waals surface area contributed by atoms with E-state index in [4.69, 9.17) is 9.47 Å². The van der Waals surface area contributed by atoms with Crippen molar-refractivity contribution in [2.75, 3.05) is 19.7 Å². The summed E-state index contributed by atoms with van der Waals surface area (Å²) in [6.45, 7) is 3.82. The van der Waals surface area contributed by atoms with Crippen molar-refractivity contribution in [3.05, 3.63) is 36.2 Å². The van der Waals surface area contributed by atoms with Crippen LogP contribution in [0.5, 0.6) is 11.5 Å². The van der Waals surface area contributed by atoms with E-state index < -0.39 is 5.97 Å². The third-order valence-corrected chi connectivity index (χ3v) is 3.25. The lowest BCUT2D eigenvalue weighted by atomic mass is 10.1. The third-order valence-electron chi connectivity index (χ3n) is 3.25. The van der Waals surface area contributed by atoms with Crippen LogP contribution in [0.1, 0.15) is 26.2 Å². The number of nitrogens with zero attached hydrogens (tertiary/aromatic N) is 1. The Morgan fingerprint density at radius 3 is 2.67 bits per heavy atom. The monoisotopic (exact) mass is 291 g/mol. The van der Waals surface area contributed by atoms with Gasteiger partial charge in [0.05, 0.1) is 12.8 Å². The quantitative estimate of drug-likeness (QED) is 0.513. The Morgan fingerprint density at radius 2 is 2.00 bits per heavy atom. The van der Waals surface area contributed by atoms with Crippen LogP contribution in [-0.4, -0.2) is 35.7 Å². The standard InChI is InChI=1S/C16H21NO4/c1-2-20-16(19)15(12-17-10-6-3-7-11-17)21-14-9-5-4-8-13(14)18/h4-5,8-9,12,18H,2-3,6-7,10-11H2,1H3/b15-12+. The summed E-state index contributed by atoms with van der Waals surface area (Å²) in [5.41, 5.74) is 0. The molecule has 1 aromatic rings. The Hall–Kier alpha value is -2.17. The first-order valence-electron chi connectivity index (χ1n) is 7.29. The van der Waals surface area contributed by atoms with Gasteiger partial charge >= 0.3 is 5.97 Å². The van der Waals surface area contributed by atoms with Crippen molar-refractivity contribution < 1.29 is 19.4 Å². The molecule has 2 rings (SSSR count). The van der Waals surface area contributed by atoms with Crippen LogP contribution in [0.25, 0.3) is 0 Å². The van der Waals surface area contributed by atoms with Gasteiger partial charge in [-0.3, -0.25) is 0 Å². The number of likely N-dealkylation sites (tertiary alicyclic amines) is 1. The molecule has 1 heterocycles.